The first-order valence-corrected chi connectivity index (χ1v) is 10.5. The summed E-state index contributed by atoms with van der Waals surface area (Å²) < 4.78 is 5.14. The molecule has 0 amide bonds. The molecule has 3 rings (SSSR count). The SMILES string of the molecule is CCOC(=O)CN(Cc1ccccc1)Cc1ccc(COOCc2ccccc2)cc1. The van der Waals surface area contributed by atoms with E-state index >= 15 is 0 Å². The quantitative estimate of drug-likeness (QED) is 0.181. The summed E-state index contributed by atoms with van der Waals surface area (Å²) in [7, 11) is 0. The summed E-state index contributed by atoms with van der Waals surface area (Å²) in [4.78, 5) is 24.8. The fraction of sp³-hybridized carbons (Fsp3) is 0.269. The maximum Gasteiger partial charge on any atom is 0.320 e. The molecule has 0 unspecified atom stereocenters. The number of ether oxygens (including phenoxy) is 1. The molecular formula is C26H29NO4. The van der Waals surface area contributed by atoms with Crippen molar-refractivity contribution in [2.24, 2.45) is 0 Å². The van der Waals surface area contributed by atoms with Crippen LogP contribution in [0.2, 0.25) is 0 Å². The van der Waals surface area contributed by atoms with Crippen LogP contribution < -0.4 is 0 Å². The topological polar surface area (TPSA) is 48.0 Å². The Morgan fingerprint density at radius 2 is 1.13 bits per heavy atom. The first-order chi connectivity index (χ1) is 15.2. The highest BCUT2D eigenvalue weighted by Gasteiger charge is 2.13. The number of carbonyl (C=O) groups excluding carboxylic acids is 1. The van der Waals surface area contributed by atoms with Crippen molar-refractivity contribution in [3.8, 4) is 0 Å². The van der Waals surface area contributed by atoms with Crippen molar-refractivity contribution in [1.82, 2.24) is 4.90 Å². The summed E-state index contributed by atoms with van der Waals surface area (Å²) >= 11 is 0. The van der Waals surface area contributed by atoms with Crippen molar-refractivity contribution in [3.63, 3.8) is 0 Å². The fourth-order valence-corrected chi connectivity index (χ4v) is 3.19. The fourth-order valence-electron chi connectivity index (χ4n) is 3.19. The predicted octanol–water partition coefficient (Wildman–Crippen LogP) is 4.90. The lowest BCUT2D eigenvalue weighted by Gasteiger charge is -2.21. The van der Waals surface area contributed by atoms with Gasteiger partial charge in [0, 0.05) is 13.1 Å². The van der Waals surface area contributed by atoms with Gasteiger partial charge in [0.1, 0.15) is 13.2 Å². The van der Waals surface area contributed by atoms with Gasteiger partial charge in [-0.2, -0.15) is 0 Å². The van der Waals surface area contributed by atoms with Crippen LogP contribution in [-0.4, -0.2) is 24.0 Å². The highest BCUT2D eigenvalue weighted by Crippen LogP contribution is 2.13. The van der Waals surface area contributed by atoms with Gasteiger partial charge in [0.2, 0.25) is 0 Å². The van der Waals surface area contributed by atoms with Crippen LogP contribution in [0.15, 0.2) is 84.9 Å². The van der Waals surface area contributed by atoms with Crippen LogP contribution in [0.1, 0.15) is 29.2 Å². The first kappa shape index (κ1) is 22.7. The molecule has 0 heterocycles. The number of hydrogen-bond acceptors (Lipinski definition) is 5. The molecule has 0 N–H and O–H groups in total. The molecule has 3 aromatic rings. The molecule has 0 aromatic heterocycles. The second-order valence-electron chi connectivity index (χ2n) is 7.26. The molecule has 5 nitrogen and oxygen atoms in total. The molecule has 0 saturated heterocycles. The molecule has 0 atom stereocenters. The molecule has 0 radical (unpaired) electrons. The summed E-state index contributed by atoms with van der Waals surface area (Å²) in [5.74, 6) is -0.209. The lowest BCUT2D eigenvalue weighted by atomic mass is 10.1. The number of benzene rings is 3. The van der Waals surface area contributed by atoms with Crippen molar-refractivity contribution >= 4 is 5.97 Å². The van der Waals surface area contributed by atoms with E-state index in [1.807, 2.05) is 67.6 Å². The Balaban J connectivity index is 1.51. The third-order valence-electron chi connectivity index (χ3n) is 4.71. The Kier molecular flexibility index (Phi) is 9.26. The lowest BCUT2D eigenvalue weighted by Crippen LogP contribution is -2.30. The normalized spacial score (nSPS) is 10.9. The Morgan fingerprint density at radius 1 is 0.677 bits per heavy atom. The first-order valence-electron chi connectivity index (χ1n) is 10.5. The average molecular weight is 420 g/mol. The predicted molar refractivity (Wildman–Crippen MR) is 120 cm³/mol. The van der Waals surface area contributed by atoms with Gasteiger partial charge in [-0.1, -0.05) is 84.9 Å². The van der Waals surface area contributed by atoms with Gasteiger partial charge in [-0.25, -0.2) is 9.78 Å². The molecule has 0 spiro atoms. The monoisotopic (exact) mass is 419 g/mol. The summed E-state index contributed by atoms with van der Waals surface area (Å²) in [6, 6.07) is 28.2. The summed E-state index contributed by atoms with van der Waals surface area (Å²) in [5, 5.41) is 0. The van der Waals surface area contributed by atoms with Gasteiger partial charge in [-0.3, -0.25) is 9.69 Å². The molecule has 0 aliphatic carbocycles. The molecule has 0 aliphatic heterocycles. The maximum absolute atomic E-state index is 12.0. The standard InChI is InChI=1S/C26H29NO4/c1-2-29-26(28)19-27(17-22-9-5-3-6-10-22)18-23-13-15-25(16-14-23)21-31-30-20-24-11-7-4-8-12-24/h3-16H,2,17-21H2,1H3. The molecule has 3 aromatic carbocycles. The van der Waals surface area contributed by atoms with Crippen molar-refractivity contribution < 1.29 is 19.3 Å². The van der Waals surface area contributed by atoms with Crippen LogP contribution in [0.25, 0.3) is 0 Å². The third kappa shape index (κ3) is 8.34. The minimum Gasteiger partial charge on any atom is -0.465 e. The van der Waals surface area contributed by atoms with Crippen LogP contribution in [0.4, 0.5) is 0 Å². The second kappa shape index (κ2) is 12.6. The highest BCUT2D eigenvalue weighted by atomic mass is 17.2. The maximum atomic E-state index is 12.0. The van der Waals surface area contributed by atoms with Crippen molar-refractivity contribution in [3.05, 3.63) is 107 Å². The molecule has 31 heavy (non-hydrogen) atoms. The number of rotatable bonds is 12. The summed E-state index contributed by atoms with van der Waals surface area (Å²) in [6.07, 6.45) is 0. The molecule has 0 aliphatic rings. The lowest BCUT2D eigenvalue weighted by molar-refractivity contribution is -0.313. The van der Waals surface area contributed by atoms with E-state index in [0.717, 1.165) is 22.3 Å². The number of nitrogens with zero attached hydrogens (tertiary/aromatic N) is 1. The molecule has 5 heteroatoms. The van der Waals surface area contributed by atoms with Gasteiger partial charge >= 0.3 is 5.97 Å². The van der Waals surface area contributed by atoms with E-state index in [0.29, 0.717) is 32.9 Å². The Labute approximate surface area is 184 Å². The van der Waals surface area contributed by atoms with E-state index in [2.05, 4.69) is 29.2 Å². The van der Waals surface area contributed by atoms with Crippen LogP contribution >= 0.6 is 0 Å². The second-order valence-corrected chi connectivity index (χ2v) is 7.26. The number of hydrogen-bond donors (Lipinski definition) is 0. The molecule has 0 saturated carbocycles. The summed E-state index contributed by atoms with van der Waals surface area (Å²) in [6.45, 7) is 4.59. The van der Waals surface area contributed by atoms with Gasteiger partial charge in [-0.05, 0) is 29.2 Å². The van der Waals surface area contributed by atoms with E-state index in [1.54, 1.807) is 0 Å². The van der Waals surface area contributed by atoms with Gasteiger partial charge in [0.05, 0.1) is 13.2 Å². The van der Waals surface area contributed by atoms with Gasteiger partial charge < -0.3 is 4.74 Å². The van der Waals surface area contributed by atoms with Crippen molar-refractivity contribution in [2.45, 2.75) is 33.2 Å². The van der Waals surface area contributed by atoms with Crippen LogP contribution in [0, 0.1) is 0 Å². The van der Waals surface area contributed by atoms with Gasteiger partial charge in [0.15, 0.2) is 0 Å². The Hall–Kier alpha value is -2.99. The van der Waals surface area contributed by atoms with E-state index in [9.17, 15) is 4.79 Å². The minimum absolute atomic E-state index is 0.209. The third-order valence-corrected chi connectivity index (χ3v) is 4.71. The van der Waals surface area contributed by atoms with Gasteiger partial charge in [-0.15, -0.1) is 0 Å². The van der Waals surface area contributed by atoms with Crippen molar-refractivity contribution in [1.29, 1.82) is 0 Å². The molecule has 0 bridgehead atoms. The minimum atomic E-state index is -0.209. The van der Waals surface area contributed by atoms with E-state index in [-0.39, 0.29) is 12.5 Å². The summed E-state index contributed by atoms with van der Waals surface area (Å²) in [5.41, 5.74) is 4.37. The smallest absolute Gasteiger partial charge is 0.320 e. The Bertz CT molecular complexity index is 898. The van der Waals surface area contributed by atoms with E-state index < -0.39 is 0 Å². The Morgan fingerprint density at radius 3 is 1.68 bits per heavy atom. The zero-order chi connectivity index (χ0) is 21.7. The molecule has 0 fully saturated rings. The van der Waals surface area contributed by atoms with Crippen LogP contribution in [0.3, 0.4) is 0 Å². The van der Waals surface area contributed by atoms with E-state index in [4.69, 9.17) is 14.5 Å². The average Bonchev–Trinajstić information content (AvgIpc) is 2.79. The zero-order valence-corrected chi connectivity index (χ0v) is 17.9. The number of esters is 1. The highest BCUT2D eigenvalue weighted by molar-refractivity contribution is 5.71. The molecular weight excluding hydrogens is 390 g/mol. The van der Waals surface area contributed by atoms with E-state index in [1.165, 1.54) is 0 Å². The number of carbonyl (C=O) groups is 1. The zero-order valence-electron chi connectivity index (χ0n) is 17.9. The van der Waals surface area contributed by atoms with Gasteiger partial charge in [0.25, 0.3) is 0 Å². The van der Waals surface area contributed by atoms with Crippen molar-refractivity contribution in [2.75, 3.05) is 13.2 Å². The van der Waals surface area contributed by atoms with Crippen LogP contribution in [-0.2, 0) is 45.6 Å². The molecule has 162 valence electrons. The van der Waals surface area contributed by atoms with Crippen LogP contribution in [0.5, 0.6) is 0 Å². The largest absolute Gasteiger partial charge is 0.465 e.